The first-order valence-electron chi connectivity index (χ1n) is 9.06. The zero-order chi connectivity index (χ0) is 20.7. The second-order valence-corrected chi connectivity index (χ2v) is 7.96. The molecule has 1 fully saturated rings. The Morgan fingerprint density at radius 1 is 1.07 bits per heavy atom. The molecule has 3 aromatic rings. The average Bonchev–Trinajstić information content (AvgIpc) is 3.31. The van der Waals surface area contributed by atoms with Gasteiger partial charge in [0.1, 0.15) is 17.6 Å². The van der Waals surface area contributed by atoms with Gasteiger partial charge in [-0.2, -0.15) is 0 Å². The van der Waals surface area contributed by atoms with Crippen molar-refractivity contribution in [1.29, 1.82) is 0 Å². The number of hydrogen-bond donors (Lipinski definition) is 1. The molecule has 1 amide bonds. The lowest BCUT2D eigenvalue weighted by atomic mass is 9.99. The Labute approximate surface area is 171 Å². The highest BCUT2D eigenvalue weighted by Crippen LogP contribution is 2.44. The molecule has 1 saturated heterocycles. The highest BCUT2D eigenvalue weighted by molar-refractivity contribution is 7.10. The molecule has 0 spiro atoms. The third kappa shape index (κ3) is 3.25. The highest BCUT2D eigenvalue weighted by atomic mass is 32.1. The van der Waals surface area contributed by atoms with Crippen LogP contribution in [-0.2, 0) is 9.59 Å². The summed E-state index contributed by atoms with van der Waals surface area (Å²) in [5, 5.41) is 12.8. The molecule has 0 aliphatic carbocycles. The first-order chi connectivity index (χ1) is 13.9. The van der Waals surface area contributed by atoms with E-state index in [0.29, 0.717) is 5.69 Å². The minimum Gasteiger partial charge on any atom is -0.507 e. The summed E-state index contributed by atoms with van der Waals surface area (Å²) in [4.78, 5) is 28.3. The third-order valence-electron chi connectivity index (χ3n) is 5.00. The maximum Gasteiger partial charge on any atom is 0.300 e. The maximum absolute atomic E-state index is 13.3. The van der Waals surface area contributed by atoms with Crippen LogP contribution in [0, 0.1) is 19.7 Å². The Morgan fingerprint density at radius 3 is 2.45 bits per heavy atom. The molecular weight excluding hydrogens is 389 g/mol. The number of aliphatic hydroxyl groups excluding tert-OH is 1. The molecule has 0 radical (unpaired) electrons. The van der Waals surface area contributed by atoms with E-state index in [2.05, 4.69) is 0 Å². The van der Waals surface area contributed by atoms with Gasteiger partial charge in [0.15, 0.2) is 0 Å². The van der Waals surface area contributed by atoms with E-state index < -0.39 is 23.5 Å². The van der Waals surface area contributed by atoms with Crippen molar-refractivity contribution in [1.82, 2.24) is 0 Å². The summed E-state index contributed by atoms with van der Waals surface area (Å²) in [5.41, 5.74) is 2.72. The molecule has 6 heteroatoms. The Balaban J connectivity index is 1.95. The topological polar surface area (TPSA) is 57.6 Å². The van der Waals surface area contributed by atoms with Crippen molar-refractivity contribution in [2.75, 3.05) is 4.90 Å². The Morgan fingerprint density at radius 2 is 1.79 bits per heavy atom. The van der Waals surface area contributed by atoms with Crippen LogP contribution in [0.3, 0.4) is 0 Å². The Hall–Kier alpha value is -3.25. The fourth-order valence-electron chi connectivity index (χ4n) is 3.54. The average molecular weight is 407 g/mol. The fourth-order valence-corrected chi connectivity index (χ4v) is 4.36. The molecule has 1 aliphatic heterocycles. The number of benzene rings is 2. The number of amides is 1. The lowest BCUT2D eigenvalue weighted by Crippen LogP contribution is -2.29. The molecular formula is C23H18FNO3S. The van der Waals surface area contributed by atoms with Crippen LogP contribution in [0.15, 0.2) is 65.6 Å². The fraction of sp³-hybridized carbons (Fsp3) is 0.130. The van der Waals surface area contributed by atoms with Crippen LogP contribution in [0.25, 0.3) is 5.76 Å². The van der Waals surface area contributed by atoms with Crippen molar-refractivity contribution < 1.29 is 19.1 Å². The molecule has 2 aromatic carbocycles. The number of nitrogens with zero attached hydrogens (tertiary/aromatic N) is 1. The molecule has 0 bridgehead atoms. The van der Waals surface area contributed by atoms with E-state index in [0.717, 1.165) is 16.0 Å². The van der Waals surface area contributed by atoms with E-state index in [1.165, 1.54) is 40.5 Å². The van der Waals surface area contributed by atoms with Crippen molar-refractivity contribution >= 4 is 34.5 Å². The van der Waals surface area contributed by atoms with Crippen LogP contribution in [0.5, 0.6) is 0 Å². The van der Waals surface area contributed by atoms with Gasteiger partial charge in [0.05, 0.1) is 5.57 Å². The Bertz CT molecular complexity index is 1130. The predicted octanol–water partition coefficient (Wildman–Crippen LogP) is 5.13. The quantitative estimate of drug-likeness (QED) is 0.372. The van der Waals surface area contributed by atoms with Crippen LogP contribution >= 0.6 is 11.3 Å². The van der Waals surface area contributed by atoms with Gasteiger partial charge in [0, 0.05) is 16.1 Å². The summed E-state index contributed by atoms with van der Waals surface area (Å²) in [7, 11) is 0. The number of carbonyl (C=O) groups is 2. The molecule has 1 aliphatic rings. The van der Waals surface area contributed by atoms with Crippen molar-refractivity contribution in [2.24, 2.45) is 0 Å². The minimum absolute atomic E-state index is 0.00460. The number of hydrogen-bond acceptors (Lipinski definition) is 4. The van der Waals surface area contributed by atoms with E-state index in [9.17, 15) is 19.1 Å². The molecule has 0 saturated carbocycles. The summed E-state index contributed by atoms with van der Waals surface area (Å²) in [6.45, 7) is 3.79. The molecule has 4 nitrogen and oxygen atoms in total. The van der Waals surface area contributed by atoms with Gasteiger partial charge in [-0.25, -0.2) is 4.39 Å². The molecule has 29 heavy (non-hydrogen) atoms. The molecule has 1 N–H and O–H groups in total. The number of aliphatic hydroxyl groups is 1. The number of aryl methyl sites for hydroxylation is 2. The van der Waals surface area contributed by atoms with E-state index in [1.807, 2.05) is 49.6 Å². The lowest BCUT2D eigenvalue weighted by Gasteiger charge is -2.26. The molecule has 2 heterocycles. The van der Waals surface area contributed by atoms with Crippen LogP contribution < -0.4 is 4.90 Å². The van der Waals surface area contributed by atoms with E-state index in [4.69, 9.17) is 0 Å². The van der Waals surface area contributed by atoms with Gasteiger partial charge in [-0.3, -0.25) is 14.5 Å². The molecule has 1 unspecified atom stereocenters. The standard InChI is InChI=1S/C23H18FNO3S/c1-13-5-6-14(2)17(12-13)25-20(18-4-3-11-29-18)19(22(27)23(25)28)21(26)15-7-9-16(24)10-8-15/h3-12,20,26H,1-2H3/b21-19-. The summed E-state index contributed by atoms with van der Waals surface area (Å²) >= 11 is 1.40. The van der Waals surface area contributed by atoms with Crippen LogP contribution in [0.4, 0.5) is 10.1 Å². The van der Waals surface area contributed by atoms with Crippen molar-refractivity contribution in [2.45, 2.75) is 19.9 Å². The summed E-state index contributed by atoms with van der Waals surface area (Å²) in [6, 6.07) is 13.8. The smallest absolute Gasteiger partial charge is 0.300 e. The van der Waals surface area contributed by atoms with Gasteiger partial charge in [-0.05, 0) is 66.8 Å². The highest BCUT2D eigenvalue weighted by Gasteiger charge is 2.47. The van der Waals surface area contributed by atoms with E-state index in [-0.39, 0.29) is 16.9 Å². The second kappa shape index (κ2) is 7.29. The van der Waals surface area contributed by atoms with Crippen LogP contribution in [0.2, 0.25) is 0 Å². The van der Waals surface area contributed by atoms with Gasteiger partial charge in [0.2, 0.25) is 0 Å². The predicted molar refractivity (Wildman–Crippen MR) is 111 cm³/mol. The molecule has 1 aromatic heterocycles. The van der Waals surface area contributed by atoms with Crippen LogP contribution in [-0.4, -0.2) is 16.8 Å². The maximum atomic E-state index is 13.3. The number of halogens is 1. The number of rotatable bonds is 3. The third-order valence-corrected chi connectivity index (χ3v) is 5.92. The first-order valence-corrected chi connectivity index (χ1v) is 9.94. The largest absolute Gasteiger partial charge is 0.507 e. The number of Topliss-reactive ketones (excluding diaryl/α,β-unsaturated/α-hetero) is 1. The van der Waals surface area contributed by atoms with Gasteiger partial charge in [-0.1, -0.05) is 18.2 Å². The summed E-state index contributed by atoms with van der Waals surface area (Å²) in [6.07, 6.45) is 0. The number of thiophene rings is 1. The summed E-state index contributed by atoms with van der Waals surface area (Å²) < 4.78 is 13.3. The van der Waals surface area contributed by atoms with Crippen LogP contribution in [0.1, 0.15) is 27.6 Å². The lowest BCUT2D eigenvalue weighted by molar-refractivity contribution is -0.132. The SMILES string of the molecule is Cc1ccc(C)c(N2C(=O)C(=O)/C(=C(\O)c3ccc(F)cc3)C2c2cccs2)c1. The number of anilines is 1. The monoisotopic (exact) mass is 407 g/mol. The zero-order valence-electron chi connectivity index (χ0n) is 15.8. The van der Waals surface area contributed by atoms with Crippen molar-refractivity contribution in [3.63, 3.8) is 0 Å². The minimum atomic E-state index is -0.758. The summed E-state index contributed by atoms with van der Waals surface area (Å²) in [5.74, 6) is -2.21. The zero-order valence-corrected chi connectivity index (χ0v) is 16.7. The number of ketones is 1. The Kier molecular flexibility index (Phi) is 4.80. The van der Waals surface area contributed by atoms with Gasteiger partial charge < -0.3 is 5.11 Å². The van der Waals surface area contributed by atoms with Crippen molar-refractivity contribution in [3.05, 3.63) is 92.9 Å². The number of carbonyl (C=O) groups excluding carboxylic acids is 2. The second-order valence-electron chi connectivity index (χ2n) is 6.98. The van der Waals surface area contributed by atoms with Gasteiger partial charge in [0.25, 0.3) is 11.7 Å². The van der Waals surface area contributed by atoms with E-state index in [1.54, 1.807) is 0 Å². The van der Waals surface area contributed by atoms with Gasteiger partial charge >= 0.3 is 0 Å². The molecule has 4 rings (SSSR count). The van der Waals surface area contributed by atoms with Gasteiger partial charge in [-0.15, -0.1) is 11.3 Å². The molecule has 1 atom stereocenters. The van der Waals surface area contributed by atoms with Crippen molar-refractivity contribution in [3.8, 4) is 0 Å². The van der Waals surface area contributed by atoms with E-state index >= 15 is 0 Å². The first kappa shape index (κ1) is 19.1. The normalized spacial score (nSPS) is 18.4. The molecule has 146 valence electrons.